The first-order chi connectivity index (χ1) is 13.0. The van der Waals surface area contributed by atoms with Gasteiger partial charge in [-0.05, 0) is 35.8 Å². The normalized spacial score (nSPS) is 16.1. The van der Waals surface area contributed by atoms with Crippen molar-refractivity contribution in [3.8, 4) is 0 Å². The highest BCUT2D eigenvalue weighted by molar-refractivity contribution is 7.99. The van der Waals surface area contributed by atoms with E-state index in [1.807, 2.05) is 23.7 Å². The first-order valence-electron chi connectivity index (χ1n) is 9.35. The maximum absolute atomic E-state index is 12.5. The Balaban J connectivity index is 1.58. The Kier molecular flexibility index (Phi) is 6.60. The molecule has 2 aromatic rings. The average Bonchev–Trinajstić information content (AvgIpc) is 3.15. The fourth-order valence-electron chi connectivity index (χ4n) is 3.39. The molecule has 27 heavy (non-hydrogen) atoms. The Morgan fingerprint density at radius 3 is 2.59 bits per heavy atom. The second-order valence-corrected chi connectivity index (χ2v) is 7.90. The molecule has 7 nitrogen and oxygen atoms in total. The van der Waals surface area contributed by atoms with E-state index in [4.69, 9.17) is 0 Å². The zero-order chi connectivity index (χ0) is 19.2. The third-order valence-corrected chi connectivity index (χ3v) is 5.80. The molecule has 1 aliphatic rings. The predicted molar refractivity (Wildman–Crippen MR) is 104 cm³/mol. The third kappa shape index (κ3) is 5.15. The minimum Gasteiger partial charge on any atom is -0.350 e. The molecule has 1 heterocycles. The van der Waals surface area contributed by atoms with Gasteiger partial charge in [-0.15, -0.1) is 5.10 Å². The highest BCUT2D eigenvalue weighted by Crippen LogP contribution is 2.30. The number of carbonyl (C=O) groups excluding carboxylic acids is 2. The molecule has 144 valence electrons. The number of tetrazole rings is 1. The van der Waals surface area contributed by atoms with Crippen molar-refractivity contribution in [2.24, 2.45) is 0 Å². The van der Waals surface area contributed by atoms with E-state index in [9.17, 15) is 9.59 Å². The van der Waals surface area contributed by atoms with Gasteiger partial charge in [0.1, 0.15) is 0 Å². The summed E-state index contributed by atoms with van der Waals surface area (Å²) in [6.45, 7) is 3.41. The Morgan fingerprint density at radius 2 is 1.93 bits per heavy atom. The van der Waals surface area contributed by atoms with Crippen molar-refractivity contribution in [1.82, 2.24) is 25.5 Å². The van der Waals surface area contributed by atoms with Gasteiger partial charge in [-0.1, -0.05) is 55.3 Å². The summed E-state index contributed by atoms with van der Waals surface area (Å²) >= 11 is 1.39. The summed E-state index contributed by atoms with van der Waals surface area (Å²) in [5.41, 5.74) is 1.62. The predicted octanol–water partition coefficient (Wildman–Crippen LogP) is 3.35. The molecule has 1 amide bonds. The van der Waals surface area contributed by atoms with Crippen LogP contribution in [-0.2, 0) is 4.79 Å². The van der Waals surface area contributed by atoms with Crippen LogP contribution in [0.2, 0.25) is 0 Å². The molecule has 1 aromatic carbocycles. The number of nitrogens with zero attached hydrogens (tertiary/aromatic N) is 4. The zero-order valence-corrected chi connectivity index (χ0v) is 16.5. The molecule has 0 radical (unpaired) electrons. The van der Waals surface area contributed by atoms with E-state index in [-0.39, 0.29) is 17.7 Å². The molecule has 0 saturated heterocycles. The van der Waals surface area contributed by atoms with Crippen molar-refractivity contribution in [2.75, 3.05) is 5.75 Å². The maximum atomic E-state index is 12.5. The molecule has 1 saturated carbocycles. The fourth-order valence-corrected chi connectivity index (χ4v) is 4.23. The standard InChI is InChI=1S/C19H25N5O2S/c1-13(20-14(2)25)15-8-10-16(11-9-15)18(26)12-27-19-21-22-23-24(19)17-6-4-3-5-7-17/h8-11,13,17H,3-7,12H2,1-2H3,(H,20,25)/t13-/m0/s1. The molecule has 1 N–H and O–H groups in total. The number of carbonyl (C=O) groups is 2. The van der Waals surface area contributed by atoms with Crippen LogP contribution in [0.5, 0.6) is 0 Å². The first kappa shape index (κ1) is 19.5. The van der Waals surface area contributed by atoms with Crippen LogP contribution in [0.3, 0.4) is 0 Å². The van der Waals surface area contributed by atoms with Crippen molar-refractivity contribution in [3.63, 3.8) is 0 Å². The van der Waals surface area contributed by atoms with Gasteiger partial charge in [0.15, 0.2) is 5.78 Å². The van der Waals surface area contributed by atoms with Crippen LogP contribution < -0.4 is 5.32 Å². The van der Waals surface area contributed by atoms with Crippen molar-refractivity contribution in [1.29, 1.82) is 0 Å². The van der Waals surface area contributed by atoms with E-state index in [1.165, 1.54) is 37.9 Å². The largest absolute Gasteiger partial charge is 0.350 e. The van der Waals surface area contributed by atoms with Gasteiger partial charge in [0, 0.05) is 12.5 Å². The Morgan fingerprint density at radius 1 is 1.22 bits per heavy atom. The lowest BCUT2D eigenvalue weighted by atomic mass is 9.96. The van der Waals surface area contributed by atoms with Gasteiger partial charge < -0.3 is 5.32 Å². The molecule has 8 heteroatoms. The summed E-state index contributed by atoms with van der Waals surface area (Å²) in [5.74, 6) is 0.264. The van der Waals surface area contributed by atoms with E-state index >= 15 is 0 Å². The van der Waals surface area contributed by atoms with Crippen LogP contribution in [-0.4, -0.2) is 37.7 Å². The van der Waals surface area contributed by atoms with E-state index < -0.39 is 0 Å². The van der Waals surface area contributed by atoms with Gasteiger partial charge in [-0.3, -0.25) is 9.59 Å². The van der Waals surface area contributed by atoms with E-state index in [1.54, 1.807) is 12.1 Å². The quantitative estimate of drug-likeness (QED) is 0.579. The van der Waals surface area contributed by atoms with Crippen LogP contribution in [0.25, 0.3) is 0 Å². The molecule has 3 rings (SSSR count). The highest BCUT2D eigenvalue weighted by Gasteiger charge is 2.21. The Bertz CT molecular complexity index is 784. The Hall–Kier alpha value is -2.22. The second-order valence-electron chi connectivity index (χ2n) is 6.95. The molecule has 1 aromatic heterocycles. The summed E-state index contributed by atoms with van der Waals surface area (Å²) in [6.07, 6.45) is 5.88. The van der Waals surface area contributed by atoms with E-state index in [2.05, 4.69) is 20.8 Å². The van der Waals surface area contributed by atoms with Gasteiger partial charge >= 0.3 is 0 Å². The van der Waals surface area contributed by atoms with Crippen LogP contribution in [0.15, 0.2) is 29.4 Å². The van der Waals surface area contributed by atoms with Gasteiger partial charge in [-0.2, -0.15) is 0 Å². The van der Waals surface area contributed by atoms with E-state index in [0.717, 1.165) is 18.4 Å². The molecule has 1 aliphatic carbocycles. The number of rotatable bonds is 7. The molecule has 0 unspecified atom stereocenters. The lowest BCUT2D eigenvalue weighted by Gasteiger charge is -2.21. The lowest BCUT2D eigenvalue weighted by molar-refractivity contribution is -0.119. The van der Waals surface area contributed by atoms with Gasteiger partial charge in [-0.25, -0.2) is 4.68 Å². The molecule has 1 atom stereocenters. The molecular weight excluding hydrogens is 362 g/mol. The smallest absolute Gasteiger partial charge is 0.217 e. The molecular formula is C19H25N5O2S. The fraction of sp³-hybridized carbons (Fsp3) is 0.526. The summed E-state index contributed by atoms with van der Waals surface area (Å²) in [6, 6.07) is 7.64. The number of amides is 1. The summed E-state index contributed by atoms with van der Waals surface area (Å²) in [4.78, 5) is 23.7. The van der Waals surface area contributed by atoms with Gasteiger partial charge in [0.05, 0.1) is 17.8 Å². The number of Topliss-reactive ketones (excluding diaryl/α,β-unsaturated/α-hetero) is 1. The number of thioether (sulfide) groups is 1. The highest BCUT2D eigenvalue weighted by atomic mass is 32.2. The first-order valence-corrected chi connectivity index (χ1v) is 10.3. The maximum Gasteiger partial charge on any atom is 0.217 e. The summed E-state index contributed by atoms with van der Waals surface area (Å²) in [7, 11) is 0. The van der Waals surface area contributed by atoms with Crippen LogP contribution in [0, 0.1) is 0 Å². The van der Waals surface area contributed by atoms with E-state index in [0.29, 0.717) is 22.5 Å². The third-order valence-electron chi connectivity index (χ3n) is 4.87. The van der Waals surface area contributed by atoms with Gasteiger partial charge in [0.25, 0.3) is 0 Å². The SMILES string of the molecule is CC(=O)N[C@@H](C)c1ccc(C(=O)CSc2nnnn2C2CCCCC2)cc1. The van der Waals surface area contributed by atoms with Crippen LogP contribution >= 0.6 is 11.8 Å². The minimum atomic E-state index is -0.0823. The topological polar surface area (TPSA) is 89.8 Å². The number of hydrogen-bond acceptors (Lipinski definition) is 6. The van der Waals surface area contributed by atoms with Crippen molar-refractivity contribution < 1.29 is 9.59 Å². The average molecular weight is 388 g/mol. The zero-order valence-electron chi connectivity index (χ0n) is 15.7. The lowest BCUT2D eigenvalue weighted by Crippen LogP contribution is -2.23. The molecule has 0 bridgehead atoms. The Labute approximate surface area is 163 Å². The number of hydrogen-bond donors (Lipinski definition) is 1. The second kappa shape index (κ2) is 9.12. The molecule has 1 fully saturated rings. The number of ketones is 1. The number of aromatic nitrogens is 4. The van der Waals surface area contributed by atoms with Crippen molar-refractivity contribution in [3.05, 3.63) is 35.4 Å². The molecule has 0 aliphatic heterocycles. The van der Waals surface area contributed by atoms with Crippen molar-refractivity contribution in [2.45, 2.75) is 63.2 Å². The number of benzene rings is 1. The number of nitrogens with one attached hydrogen (secondary N) is 1. The van der Waals surface area contributed by atoms with Crippen LogP contribution in [0.4, 0.5) is 0 Å². The van der Waals surface area contributed by atoms with Gasteiger partial charge in [0.2, 0.25) is 11.1 Å². The summed E-state index contributed by atoms with van der Waals surface area (Å²) in [5, 5.41) is 15.6. The monoisotopic (exact) mass is 387 g/mol. The molecule has 0 spiro atoms. The summed E-state index contributed by atoms with van der Waals surface area (Å²) < 4.78 is 1.88. The van der Waals surface area contributed by atoms with Crippen molar-refractivity contribution >= 4 is 23.5 Å². The minimum absolute atomic E-state index is 0.0388. The van der Waals surface area contributed by atoms with Crippen LogP contribution in [0.1, 0.15) is 74.0 Å².